The molecule has 0 radical (unpaired) electrons. The zero-order chi connectivity index (χ0) is 14.1. The zero-order valence-corrected chi connectivity index (χ0v) is 13.6. The Balaban J connectivity index is 1.94. The minimum Gasteiger partial charge on any atom is -0.382 e. The summed E-state index contributed by atoms with van der Waals surface area (Å²) in [5.74, 6) is 1.43. The summed E-state index contributed by atoms with van der Waals surface area (Å²) in [7, 11) is 0. The van der Waals surface area contributed by atoms with Gasteiger partial charge in [0, 0.05) is 18.5 Å². The summed E-state index contributed by atoms with van der Waals surface area (Å²) in [6.45, 7) is 6.56. The van der Waals surface area contributed by atoms with Gasteiger partial charge in [0.15, 0.2) is 0 Å². The van der Waals surface area contributed by atoms with Crippen LogP contribution in [0.1, 0.15) is 31.2 Å². The normalized spacial score (nSPS) is 20.1. The highest BCUT2D eigenvalue weighted by Gasteiger charge is 2.23. The van der Waals surface area contributed by atoms with E-state index < -0.39 is 0 Å². The molecule has 2 aromatic rings. The van der Waals surface area contributed by atoms with Gasteiger partial charge in [0.1, 0.15) is 10.8 Å². The Kier molecular flexibility index (Phi) is 3.94. The zero-order valence-electron chi connectivity index (χ0n) is 11.9. The van der Waals surface area contributed by atoms with E-state index >= 15 is 0 Å². The minimum atomic E-state index is 0.618. The molecule has 2 N–H and O–H groups in total. The van der Waals surface area contributed by atoms with Crippen molar-refractivity contribution >= 4 is 33.7 Å². The second-order valence-corrected chi connectivity index (χ2v) is 7.34. The molecule has 1 saturated heterocycles. The Morgan fingerprint density at radius 2 is 2.20 bits per heavy atom. The van der Waals surface area contributed by atoms with Crippen molar-refractivity contribution in [2.45, 2.75) is 33.1 Å². The van der Waals surface area contributed by atoms with Crippen molar-refractivity contribution in [1.29, 1.82) is 0 Å². The summed E-state index contributed by atoms with van der Waals surface area (Å²) < 4.78 is 4.37. The number of rotatable bonds is 2. The topological polar surface area (TPSA) is 55.0 Å². The molecule has 0 spiro atoms. The van der Waals surface area contributed by atoms with Crippen molar-refractivity contribution in [3.63, 3.8) is 0 Å². The lowest BCUT2D eigenvalue weighted by molar-refractivity contribution is 0.521. The van der Waals surface area contributed by atoms with Crippen LogP contribution in [-0.4, -0.2) is 22.4 Å². The molecule has 2 aromatic heterocycles. The van der Waals surface area contributed by atoms with Crippen LogP contribution in [-0.2, 0) is 0 Å². The molecule has 0 amide bonds. The van der Waals surface area contributed by atoms with E-state index in [1.807, 2.05) is 6.92 Å². The quantitative estimate of drug-likeness (QED) is 0.917. The van der Waals surface area contributed by atoms with Crippen molar-refractivity contribution in [2.75, 3.05) is 23.7 Å². The van der Waals surface area contributed by atoms with Crippen molar-refractivity contribution in [3.05, 3.63) is 10.4 Å². The van der Waals surface area contributed by atoms with E-state index in [4.69, 9.17) is 5.73 Å². The van der Waals surface area contributed by atoms with Crippen molar-refractivity contribution in [2.24, 2.45) is 5.92 Å². The number of nitrogen functional groups attached to an aromatic ring is 1. The van der Waals surface area contributed by atoms with Crippen LogP contribution in [0.25, 0.3) is 11.3 Å². The molecule has 3 heterocycles. The van der Waals surface area contributed by atoms with E-state index in [9.17, 15) is 0 Å². The Bertz CT molecular complexity index is 590. The molecular weight excluding hydrogens is 288 g/mol. The maximum absolute atomic E-state index is 6.09. The maximum Gasteiger partial charge on any atom is 0.148 e. The Hall–Kier alpha value is -1.14. The highest BCUT2D eigenvalue weighted by Crippen LogP contribution is 2.40. The lowest BCUT2D eigenvalue weighted by atomic mass is 10.0. The first-order valence-electron chi connectivity index (χ1n) is 7.07. The molecule has 0 aromatic carbocycles. The number of aromatic nitrogens is 2. The third kappa shape index (κ3) is 2.67. The fourth-order valence-electron chi connectivity index (χ4n) is 2.69. The fourth-order valence-corrected chi connectivity index (χ4v) is 4.17. The van der Waals surface area contributed by atoms with Gasteiger partial charge in [-0.25, -0.2) is 4.98 Å². The predicted molar refractivity (Wildman–Crippen MR) is 87.6 cm³/mol. The lowest BCUT2D eigenvalue weighted by Gasteiger charge is -2.21. The van der Waals surface area contributed by atoms with Gasteiger partial charge in [0.25, 0.3) is 0 Å². The van der Waals surface area contributed by atoms with Crippen LogP contribution in [0.2, 0.25) is 0 Å². The van der Waals surface area contributed by atoms with Crippen LogP contribution in [0, 0.1) is 12.8 Å². The number of thiazole rings is 1. The first-order chi connectivity index (χ1) is 9.65. The summed E-state index contributed by atoms with van der Waals surface area (Å²) in [4.78, 5) is 7.03. The Morgan fingerprint density at radius 1 is 1.35 bits per heavy atom. The lowest BCUT2D eigenvalue weighted by Crippen LogP contribution is -2.23. The summed E-state index contributed by atoms with van der Waals surface area (Å²) in [5, 5.41) is 4.35. The summed E-state index contributed by atoms with van der Waals surface area (Å²) in [6, 6.07) is 0. The minimum absolute atomic E-state index is 0.618. The molecule has 0 bridgehead atoms. The molecule has 1 aliphatic heterocycles. The average molecular weight is 308 g/mol. The summed E-state index contributed by atoms with van der Waals surface area (Å²) in [5.41, 5.74) is 8.11. The summed E-state index contributed by atoms with van der Waals surface area (Å²) >= 11 is 3.18. The molecule has 108 valence electrons. The summed E-state index contributed by atoms with van der Waals surface area (Å²) in [6.07, 6.45) is 3.80. The van der Waals surface area contributed by atoms with Gasteiger partial charge < -0.3 is 10.6 Å². The van der Waals surface area contributed by atoms with Gasteiger partial charge in [-0.05, 0) is 43.6 Å². The highest BCUT2D eigenvalue weighted by molar-refractivity contribution is 7.11. The number of hydrogen-bond donors (Lipinski definition) is 1. The molecule has 4 nitrogen and oxygen atoms in total. The predicted octanol–water partition coefficient (Wildman–Crippen LogP) is 3.78. The number of anilines is 2. The second-order valence-electron chi connectivity index (χ2n) is 5.52. The molecule has 20 heavy (non-hydrogen) atoms. The molecule has 0 aliphatic carbocycles. The number of nitrogens with two attached hydrogens (primary N) is 1. The first kappa shape index (κ1) is 13.8. The van der Waals surface area contributed by atoms with Gasteiger partial charge in [-0.1, -0.05) is 6.92 Å². The second kappa shape index (κ2) is 5.69. The third-order valence-electron chi connectivity index (χ3n) is 3.88. The van der Waals surface area contributed by atoms with Gasteiger partial charge in [-0.15, -0.1) is 11.3 Å². The molecule has 0 saturated carbocycles. The number of hydrogen-bond acceptors (Lipinski definition) is 6. The third-order valence-corrected chi connectivity index (χ3v) is 5.58. The van der Waals surface area contributed by atoms with E-state index in [0.29, 0.717) is 5.82 Å². The largest absolute Gasteiger partial charge is 0.382 e. The van der Waals surface area contributed by atoms with Crippen LogP contribution in [0.3, 0.4) is 0 Å². The van der Waals surface area contributed by atoms with Crippen molar-refractivity contribution in [3.8, 4) is 11.3 Å². The van der Waals surface area contributed by atoms with Crippen LogP contribution in [0.15, 0.2) is 5.38 Å². The van der Waals surface area contributed by atoms with Crippen LogP contribution < -0.4 is 10.6 Å². The van der Waals surface area contributed by atoms with Crippen molar-refractivity contribution in [1.82, 2.24) is 9.36 Å². The standard InChI is InChI=1S/C14H20N4S2/c1-9-4-3-6-18(7-5-9)14-12(13(15)17-20-14)11-8-19-10(2)16-11/h8-9H,3-7H2,1-2H3,(H2,15,17). The van der Waals surface area contributed by atoms with E-state index in [-0.39, 0.29) is 0 Å². The van der Waals surface area contributed by atoms with E-state index in [0.717, 1.165) is 35.3 Å². The monoisotopic (exact) mass is 308 g/mol. The number of aryl methyl sites for hydroxylation is 1. The Labute approximate surface area is 127 Å². The molecule has 1 fully saturated rings. The SMILES string of the molecule is Cc1nc(-c2c(N)nsc2N2CCCC(C)CC2)cs1. The van der Waals surface area contributed by atoms with Crippen LogP contribution in [0.5, 0.6) is 0 Å². The molecule has 1 aliphatic rings. The van der Waals surface area contributed by atoms with Gasteiger partial charge >= 0.3 is 0 Å². The van der Waals surface area contributed by atoms with Crippen LogP contribution in [0.4, 0.5) is 10.8 Å². The molecule has 3 rings (SSSR count). The highest BCUT2D eigenvalue weighted by atomic mass is 32.1. The van der Waals surface area contributed by atoms with Crippen LogP contribution >= 0.6 is 22.9 Å². The molecule has 1 unspecified atom stereocenters. The van der Waals surface area contributed by atoms with Crippen molar-refractivity contribution < 1.29 is 0 Å². The smallest absolute Gasteiger partial charge is 0.148 e. The van der Waals surface area contributed by atoms with Gasteiger partial charge in [-0.3, -0.25) is 0 Å². The average Bonchev–Trinajstić information content (AvgIpc) is 2.93. The van der Waals surface area contributed by atoms with E-state index in [2.05, 4.69) is 26.6 Å². The molecule has 1 atom stereocenters. The van der Waals surface area contributed by atoms with Gasteiger partial charge in [0.05, 0.1) is 16.3 Å². The Morgan fingerprint density at radius 3 is 2.95 bits per heavy atom. The van der Waals surface area contributed by atoms with Gasteiger partial charge in [0.2, 0.25) is 0 Å². The maximum atomic E-state index is 6.09. The van der Waals surface area contributed by atoms with E-state index in [1.54, 1.807) is 11.3 Å². The molecular formula is C14H20N4S2. The van der Waals surface area contributed by atoms with E-state index in [1.165, 1.54) is 35.8 Å². The first-order valence-corrected chi connectivity index (χ1v) is 8.73. The fraction of sp³-hybridized carbons (Fsp3) is 0.571. The molecule has 6 heteroatoms. The number of nitrogens with zero attached hydrogens (tertiary/aromatic N) is 3. The van der Waals surface area contributed by atoms with Gasteiger partial charge in [-0.2, -0.15) is 4.37 Å².